The molecule has 0 radical (unpaired) electrons. The van der Waals surface area contributed by atoms with Gasteiger partial charge in [-0.2, -0.15) is 0 Å². The maximum absolute atomic E-state index is 13.8. The highest BCUT2D eigenvalue weighted by atomic mass is 16.4. The Kier molecular flexibility index (Phi) is 11.7. The fourth-order valence-electron chi connectivity index (χ4n) is 5.13. The van der Waals surface area contributed by atoms with E-state index in [0.717, 1.165) is 16.5 Å². The van der Waals surface area contributed by atoms with Crippen molar-refractivity contribution in [2.45, 2.75) is 56.3 Å². The number of para-hydroxylation sites is 1. The highest BCUT2D eigenvalue weighted by molar-refractivity contribution is 5.95. The van der Waals surface area contributed by atoms with Gasteiger partial charge in [0.05, 0.1) is 6.04 Å². The second kappa shape index (κ2) is 16.1. The quantitative estimate of drug-likeness (QED) is 0.0835. The molecule has 3 amide bonds. The summed E-state index contributed by atoms with van der Waals surface area (Å²) in [5.74, 6) is -5.08. The Balaban J connectivity index is 1.56. The van der Waals surface area contributed by atoms with Gasteiger partial charge in [0.15, 0.2) is 0 Å². The number of nitrogens with one attached hydrogen (secondary N) is 4. The van der Waals surface area contributed by atoms with E-state index < -0.39 is 66.7 Å². The van der Waals surface area contributed by atoms with Crippen molar-refractivity contribution in [3.8, 4) is 11.5 Å². The summed E-state index contributed by atoms with van der Waals surface area (Å²) in [6.07, 6.45) is 0.800. The van der Waals surface area contributed by atoms with Crippen molar-refractivity contribution in [3.05, 3.63) is 95.7 Å². The molecule has 48 heavy (non-hydrogen) atoms. The van der Waals surface area contributed by atoms with Crippen LogP contribution < -0.4 is 21.7 Å². The smallest absolute Gasteiger partial charge is 0.326 e. The fraction of sp³-hybridized carbons (Fsp3) is 0.265. The Morgan fingerprint density at radius 3 is 1.69 bits per heavy atom. The van der Waals surface area contributed by atoms with Crippen LogP contribution in [-0.2, 0) is 43.2 Å². The standard InChI is InChI=1S/C34H37N5O9/c35-25(17-21-18-36-26-4-2-1-3-24(21)26)31(44)38-28(15-19-5-9-22(40)10-6-19)33(46)39-29(16-20-7-11-23(41)12-8-20)32(45)37-27(34(47)48)13-14-30(42)43/h1-12,18,25,27-29,36,40-41H,13-17,35H2,(H,37,45)(H,38,44)(H,39,46)(H,42,43)(H,47,48). The summed E-state index contributed by atoms with van der Waals surface area (Å²) in [5.41, 5.74) is 9.03. The first-order valence-electron chi connectivity index (χ1n) is 15.1. The van der Waals surface area contributed by atoms with E-state index in [1.165, 1.54) is 36.4 Å². The Morgan fingerprint density at radius 1 is 0.667 bits per heavy atom. The van der Waals surface area contributed by atoms with Gasteiger partial charge in [-0.1, -0.05) is 42.5 Å². The van der Waals surface area contributed by atoms with Crippen LogP contribution >= 0.6 is 0 Å². The Morgan fingerprint density at radius 2 is 1.17 bits per heavy atom. The zero-order valence-corrected chi connectivity index (χ0v) is 25.8. The summed E-state index contributed by atoms with van der Waals surface area (Å²) >= 11 is 0. The molecule has 4 unspecified atom stereocenters. The van der Waals surface area contributed by atoms with E-state index in [0.29, 0.717) is 11.1 Å². The number of fused-ring (bicyclic) bond motifs is 1. The van der Waals surface area contributed by atoms with Gasteiger partial charge in [-0.3, -0.25) is 19.2 Å². The molecular formula is C34H37N5O9. The molecule has 4 aromatic rings. The van der Waals surface area contributed by atoms with Crippen molar-refractivity contribution in [3.63, 3.8) is 0 Å². The molecule has 1 heterocycles. The van der Waals surface area contributed by atoms with Gasteiger partial charge in [-0.05, 0) is 59.9 Å². The minimum atomic E-state index is -1.55. The first kappa shape index (κ1) is 35.0. The van der Waals surface area contributed by atoms with Gasteiger partial charge in [-0.15, -0.1) is 0 Å². The molecule has 10 N–H and O–H groups in total. The van der Waals surface area contributed by atoms with Crippen molar-refractivity contribution < 1.29 is 44.4 Å². The van der Waals surface area contributed by atoms with E-state index in [1.807, 2.05) is 24.3 Å². The molecule has 14 nitrogen and oxygen atoms in total. The molecule has 0 aliphatic heterocycles. The number of carbonyl (C=O) groups excluding carboxylic acids is 3. The molecule has 0 aliphatic carbocycles. The van der Waals surface area contributed by atoms with Gasteiger partial charge < -0.3 is 47.1 Å². The van der Waals surface area contributed by atoms with Crippen molar-refractivity contribution in [1.82, 2.24) is 20.9 Å². The molecule has 1 aromatic heterocycles. The third-order valence-corrected chi connectivity index (χ3v) is 7.73. The monoisotopic (exact) mass is 659 g/mol. The highest BCUT2D eigenvalue weighted by Gasteiger charge is 2.31. The first-order valence-corrected chi connectivity index (χ1v) is 15.1. The number of hydrogen-bond donors (Lipinski definition) is 9. The predicted molar refractivity (Wildman–Crippen MR) is 174 cm³/mol. The number of phenolic OH excluding ortho intramolecular Hbond substituents is 2. The molecule has 252 valence electrons. The lowest BCUT2D eigenvalue weighted by Crippen LogP contribution is -2.58. The number of aromatic nitrogens is 1. The van der Waals surface area contributed by atoms with Crippen LogP contribution in [0.2, 0.25) is 0 Å². The molecule has 4 atom stereocenters. The van der Waals surface area contributed by atoms with Crippen molar-refractivity contribution in [1.29, 1.82) is 0 Å². The van der Waals surface area contributed by atoms with E-state index in [-0.39, 0.29) is 30.8 Å². The molecule has 14 heteroatoms. The molecular weight excluding hydrogens is 622 g/mol. The second-order valence-corrected chi connectivity index (χ2v) is 11.4. The van der Waals surface area contributed by atoms with Gasteiger partial charge in [0.25, 0.3) is 0 Å². The minimum absolute atomic E-state index is 0.00828. The maximum Gasteiger partial charge on any atom is 0.326 e. The number of phenols is 2. The lowest BCUT2D eigenvalue weighted by molar-refractivity contribution is -0.143. The number of nitrogens with two attached hydrogens (primary N) is 1. The average Bonchev–Trinajstić information content (AvgIpc) is 3.46. The van der Waals surface area contributed by atoms with Crippen LogP contribution in [0, 0.1) is 0 Å². The van der Waals surface area contributed by atoms with Crippen LogP contribution in [-0.4, -0.2) is 79.2 Å². The summed E-state index contributed by atoms with van der Waals surface area (Å²) < 4.78 is 0. The minimum Gasteiger partial charge on any atom is -0.508 e. The number of aliphatic carboxylic acids is 2. The number of aromatic hydroxyl groups is 2. The third kappa shape index (κ3) is 9.80. The Bertz CT molecular complexity index is 1750. The van der Waals surface area contributed by atoms with Crippen LogP contribution in [0.5, 0.6) is 11.5 Å². The van der Waals surface area contributed by atoms with Crippen molar-refractivity contribution in [2.75, 3.05) is 0 Å². The van der Waals surface area contributed by atoms with E-state index >= 15 is 0 Å². The number of hydrogen-bond acceptors (Lipinski definition) is 8. The highest BCUT2D eigenvalue weighted by Crippen LogP contribution is 2.19. The number of aromatic amines is 1. The molecule has 0 saturated heterocycles. The van der Waals surface area contributed by atoms with Crippen molar-refractivity contribution in [2.24, 2.45) is 5.73 Å². The van der Waals surface area contributed by atoms with Gasteiger partial charge >= 0.3 is 11.9 Å². The molecule has 0 aliphatic rings. The molecule has 0 fully saturated rings. The summed E-state index contributed by atoms with van der Waals surface area (Å²) in [5, 5.41) is 46.5. The summed E-state index contributed by atoms with van der Waals surface area (Å²) in [4.78, 5) is 66.6. The van der Waals surface area contributed by atoms with Gasteiger partial charge in [0, 0.05) is 36.4 Å². The Labute approximate surface area is 275 Å². The molecule has 3 aromatic carbocycles. The summed E-state index contributed by atoms with van der Waals surface area (Å²) in [6, 6.07) is 14.0. The normalized spacial score (nSPS) is 13.5. The van der Waals surface area contributed by atoms with E-state index in [2.05, 4.69) is 20.9 Å². The zero-order valence-electron chi connectivity index (χ0n) is 25.8. The number of amides is 3. The molecule has 0 bridgehead atoms. The van der Waals surface area contributed by atoms with E-state index in [4.69, 9.17) is 10.8 Å². The van der Waals surface area contributed by atoms with E-state index in [9.17, 15) is 39.3 Å². The summed E-state index contributed by atoms with van der Waals surface area (Å²) in [7, 11) is 0. The second-order valence-electron chi connectivity index (χ2n) is 11.4. The largest absolute Gasteiger partial charge is 0.508 e. The summed E-state index contributed by atoms with van der Waals surface area (Å²) in [6.45, 7) is 0. The number of rotatable bonds is 16. The fourth-order valence-corrected chi connectivity index (χ4v) is 5.13. The van der Waals surface area contributed by atoms with Crippen LogP contribution in [0.25, 0.3) is 10.9 Å². The number of benzene rings is 3. The van der Waals surface area contributed by atoms with Gasteiger partial charge in [-0.25, -0.2) is 4.79 Å². The topological polar surface area (TPSA) is 244 Å². The molecule has 0 saturated carbocycles. The number of carboxylic acid groups (broad SMARTS) is 2. The van der Waals surface area contributed by atoms with Gasteiger partial charge in [0.1, 0.15) is 29.6 Å². The average molecular weight is 660 g/mol. The Hall–Kier alpha value is -5.89. The van der Waals surface area contributed by atoms with Crippen molar-refractivity contribution >= 4 is 40.6 Å². The number of carbonyl (C=O) groups is 5. The zero-order chi connectivity index (χ0) is 34.8. The molecule has 0 spiro atoms. The van der Waals surface area contributed by atoms with Crippen LogP contribution in [0.3, 0.4) is 0 Å². The van der Waals surface area contributed by atoms with Crippen LogP contribution in [0.1, 0.15) is 29.5 Å². The first-order chi connectivity index (χ1) is 22.9. The van der Waals surface area contributed by atoms with Crippen LogP contribution in [0.4, 0.5) is 0 Å². The molecule has 4 rings (SSSR count). The maximum atomic E-state index is 13.8. The van der Waals surface area contributed by atoms with E-state index in [1.54, 1.807) is 18.3 Å². The predicted octanol–water partition coefficient (Wildman–Crippen LogP) is 1.34. The number of H-pyrrole nitrogens is 1. The third-order valence-electron chi connectivity index (χ3n) is 7.73. The van der Waals surface area contributed by atoms with Gasteiger partial charge in [0.2, 0.25) is 17.7 Å². The van der Waals surface area contributed by atoms with Crippen LogP contribution in [0.15, 0.2) is 79.0 Å². The lowest BCUT2D eigenvalue weighted by Gasteiger charge is -2.25. The number of carboxylic acids is 2. The lowest BCUT2D eigenvalue weighted by atomic mass is 10.0. The SMILES string of the molecule is NC(Cc1c[nH]c2ccccc12)C(=O)NC(Cc1ccc(O)cc1)C(=O)NC(Cc1ccc(O)cc1)C(=O)NC(CCC(=O)O)C(=O)O.